The van der Waals surface area contributed by atoms with E-state index < -0.39 is 0 Å². The number of likely N-dealkylation sites (N-methyl/N-ethyl adjacent to an activating group) is 1. The summed E-state index contributed by atoms with van der Waals surface area (Å²) in [4.78, 5) is 26.2. The molecule has 4 rings (SSSR count). The van der Waals surface area contributed by atoms with Gasteiger partial charge in [0.25, 0.3) is 5.91 Å². The van der Waals surface area contributed by atoms with Gasteiger partial charge in [-0.25, -0.2) is 4.98 Å². The molecule has 0 spiro atoms. The number of nitrogens with one attached hydrogen (secondary N) is 2. The predicted octanol–water partition coefficient (Wildman–Crippen LogP) is 3.87. The third kappa shape index (κ3) is 5.96. The van der Waals surface area contributed by atoms with Crippen molar-refractivity contribution in [3.63, 3.8) is 0 Å². The molecular weight excluding hydrogens is 440 g/mol. The highest BCUT2D eigenvalue weighted by Crippen LogP contribution is 2.28. The summed E-state index contributed by atoms with van der Waals surface area (Å²) in [5.41, 5.74) is 3.54. The number of carbonyl (C=O) groups excluding carboxylic acids is 1. The standard InChI is InChI=1S/C27H34N6O2/c1-4-29-27-30-18-23-25(31-27)32(3)15-16-33(26(23)34)22-12-8-9-20(17-22)19-35-24(13-14-28-2)21-10-6-5-7-11-21/h5-12,17-18,24,28H,4,13-16,19H2,1-3H3,(H,29,30,31). The minimum Gasteiger partial charge on any atom is -0.369 e. The monoisotopic (exact) mass is 474 g/mol. The zero-order valence-corrected chi connectivity index (χ0v) is 20.7. The Hall–Kier alpha value is -3.49. The van der Waals surface area contributed by atoms with Crippen LogP contribution < -0.4 is 20.4 Å². The third-order valence-corrected chi connectivity index (χ3v) is 6.10. The normalized spacial score (nSPS) is 14.4. The van der Waals surface area contributed by atoms with Crippen LogP contribution in [0.5, 0.6) is 0 Å². The van der Waals surface area contributed by atoms with Crippen LogP contribution in [0.4, 0.5) is 17.5 Å². The molecule has 0 saturated heterocycles. The van der Waals surface area contributed by atoms with Crippen molar-refractivity contribution in [2.45, 2.75) is 26.1 Å². The molecule has 1 unspecified atom stereocenters. The van der Waals surface area contributed by atoms with Crippen LogP contribution in [0.25, 0.3) is 0 Å². The lowest BCUT2D eigenvalue weighted by Crippen LogP contribution is -2.33. The van der Waals surface area contributed by atoms with E-state index in [1.54, 1.807) is 11.1 Å². The van der Waals surface area contributed by atoms with Crippen molar-refractivity contribution in [1.82, 2.24) is 15.3 Å². The summed E-state index contributed by atoms with van der Waals surface area (Å²) in [6, 6.07) is 18.3. The number of benzene rings is 2. The molecular formula is C27H34N6O2. The molecule has 0 bridgehead atoms. The number of amides is 1. The topological polar surface area (TPSA) is 82.6 Å². The van der Waals surface area contributed by atoms with Crippen LogP contribution in [0.1, 0.15) is 40.9 Å². The maximum absolute atomic E-state index is 13.5. The third-order valence-electron chi connectivity index (χ3n) is 6.10. The van der Waals surface area contributed by atoms with Crippen LogP contribution in [0.15, 0.2) is 60.8 Å². The van der Waals surface area contributed by atoms with Crippen LogP contribution in [0.2, 0.25) is 0 Å². The summed E-state index contributed by atoms with van der Waals surface area (Å²) in [6.07, 6.45) is 2.50. The Morgan fingerprint density at radius 2 is 1.94 bits per heavy atom. The predicted molar refractivity (Wildman–Crippen MR) is 140 cm³/mol. The number of hydrogen-bond acceptors (Lipinski definition) is 7. The largest absolute Gasteiger partial charge is 0.369 e. The Morgan fingerprint density at radius 1 is 1.11 bits per heavy atom. The molecule has 1 aromatic heterocycles. The molecule has 8 heteroatoms. The molecule has 1 aliphatic rings. The Kier molecular flexibility index (Phi) is 8.28. The van der Waals surface area contributed by atoms with Gasteiger partial charge in [-0.05, 0) is 50.2 Å². The molecule has 0 radical (unpaired) electrons. The fourth-order valence-corrected chi connectivity index (χ4v) is 4.21. The van der Waals surface area contributed by atoms with Crippen LogP contribution in [-0.2, 0) is 11.3 Å². The van der Waals surface area contributed by atoms with Crippen LogP contribution in [0, 0.1) is 0 Å². The lowest BCUT2D eigenvalue weighted by Gasteiger charge is -2.22. The molecule has 3 aromatic rings. The number of carbonyl (C=O) groups is 1. The molecule has 1 aliphatic heterocycles. The van der Waals surface area contributed by atoms with E-state index in [9.17, 15) is 4.79 Å². The number of rotatable bonds is 10. The molecule has 2 aromatic carbocycles. The van der Waals surface area contributed by atoms with Gasteiger partial charge >= 0.3 is 0 Å². The maximum atomic E-state index is 13.5. The first-order valence-corrected chi connectivity index (χ1v) is 12.1. The summed E-state index contributed by atoms with van der Waals surface area (Å²) >= 11 is 0. The van der Waals surface area contributed by atoms with E-state index in [0.29, 0.717) is 37.0 Å². The molecule has 0 aliphatic carbocycles. The lowest BCUT2D eigenvalue weighted by atomic mass is 10.1. The Morgan fingerprint density at radius 3 is 2.71 bits per heavy atom. The molecule has 2 N–H and O–H groups in total. The summed E-state index contributed by atoms with van der Waals surface area (Å²) in [7, 11) is 3.91. The van der Waals surface area contributed by atoms with Gasteiger partial charge in [-0.1, -0.05) is 42.5 Å². The molecule has 1 atom stereocenters. The van der Waals surface area contributed by atoms with Gasteiger partial charge in [-0.15, -0.1) is 0 Å². The fraction of sp³-hybridized carbons (Fsp3) is 0.370. The van der Waals surface area contributed by atoms with Crippen molar-refractivity contribution in [2.24, 2.45) is 0 Å². The molecule has 184 valence electrons. The first-order chi connectivity index (χ1) is 17.1. The Labute approximate surface area is 207 Å². The minimum atomic E-state index is -0.0957. The molecule has 0 fully saturated rings. The minimum absolute atomic E-state index is 0.00396. The highest BCUT2D eigenvalue weighted by atomic mass is 16.5. The van der Waals surface area contributed by atoms with Gasteiger partial charge < -0.3 is 25.2 Å². The number of aromatic nitrogens is 2. The first-order valence-electron chi connectivity index (χ1n) is 12.1. The summed E-state index contributed by atoms with van der Waals surface area (Å²) in [5, 5.41) is 6.33. The van der Waals surface area contributed by atoms with Gasteiger partial charge in [-0.2, -0.15) is 4.98 Å². The quantitative estimate of drug-likeness (QED) is 0.462. The van der Waals surface area contributed by atoms with Gasteiger partial charge in [0.15, 0.2) is 0 Å². The SMILES string of the molecule is CCNc1ncc2c(n1)N(C)CCN(c1cccc(COC(CCNC)c3ccccc3)c1)C2=O. The first kappa shape index (κ1) is 24.6. The number of hydrogen-bond donors (Lipinski definition) is 2. The van der Waals surface area contributed by atoms with Gasteiger partial charge in [0.2, 0.25) is 5.95 Å². The van der Waals surface area contributed by atoms with Crippen LogP contribution in [-0.4, -0.2) is 56.1 Å². The molecule has 8 nitrogen and oxygen atoms in total. The fourth-order valence-electron chi connectivity index (χ4n) is 4.21. The van der Waals surface area contributed by atoms with E-state index in [1.807, 2.05) is 68.4 Å². The average molecular weight is 475 g/mol. The Balaban J connectivity index is 1.52. The van der Waals surface area contributed by atoms with Gasteiger partial charge in [0.05, 0.1) is 12.7 Å². The summed E-state index contributed by atoms with van der Waals surface area (Å²) in [6.45, 7) is 5.27. The molecule has 35 heavy (non-hydrogen) atoms. The second kappa shape index (κ2) is 11.8. The highest BCUT2D eigenvalue weighted by Gasteiger charge is 2.28. The highest BCUT2D eigenvalue weighted by molar-refractivity contribution is 6.09. The van der Waals surface area contributed by atoms with Crippen LogP contribution >= 0.6 is 0 Å². The van der Waals surface area contributed by atoms with Crippen LogP contribution in [0.3, 0.4) is 0 Å². The van der Waals surface area contributed by atoms with E-state index in [1.165, 1.54) is 0 Å². The van der Waals surface area contributed by atoms with Crippen molar-refractivity contribution in [2.75, 3.05) is 55.4 Å². The number of anilines is 3. The Bertz CT molecular complexity index is 1120. The van der Waals surface area contributed by atoms with E-state index in [0.717, 1.165) is 36.3 Å². The van der Waals surface area contributed by atoms with Crippen molar-refractivity contribution < 1.29 is 9.53 Å². The maximum Gasteiger partial charge on any atom is 0.263 e. The summed E-state index contributed by atoms with van der Waals surface area (Å²) < 4.78 is 6.34. The van der Waals surface area contributed by atoms with Crippen molar-refractivity contribution in [3.05, 3.63) is 77.5 Å². The number of ether oxygens (including phenoxy) is 1. The van der Waals surface area contributed by atoms with Crippen molar-refractivity contribution in [3.8, 4) is 0 Å². The van der Waals surface area contributed by atoms with Crippen molar-refractivity contribution in [1.29, 1.82) is 0 Å². The number of fused-ring (bicyclic) bond motifs is 1. The van der Waals surface area contributed by atoms with E-state index in [4.69, 9.17) is 4.74 Å². The zero-order valence-electron chi connectivity index (χ0n) is 20.7. The lowest BCUT2D eigenvalue weighted by molar-refractivity contribution is 0.0344. The van der Waals surface area contributed by atoms with E-state index in [-0.39, 0.29) is 12.0 Å². The summed E-state index contributed by atoms with van der Waals surface area (Å²) in [5.74, 6) is 1.09. The molecule has 1 amide bonds. The van der Waals surface area contributed by atoms with Gasteiger partial charge in [0.1, 0.15) is 11.4 Å². The van der Waals surface area contributed by atoms with E-state index in [2.05, 4.69) is 32.7 Å². The smallest absolute Gasteiger partial charge is 0.263 e. The molecule has 2 heterocycles. The second-order valence-electron chi connectivity index (χ2n) is 8.61. The van der Waals surface area contributed by atoms with Gasteiger partial charge in [0, 0.05) is 38.6 Å². The van der Waals surface area contributed by atoms with Crippen molar-refractivity contribution >= 4 is 23.4 Å². The second-order valence-corrected chi connectivity index (χ2v) is 8.61. The average Bonchev–Trinajstić information content (AvgIpc) is 3.01. The van der Waals surface area contributed by atoms with Gasteiger partial charge in [-0.3, -0.25) is 4.79 Å². The number of nitrogens with zero attached hydrogens (tertiary/aromatic N) is 4. The van der Waals surface area contributed by atoms with E-state index >= 15 is 0 Å². The molecule has 0 saturated carbocycles. The zero-order chi connectivity index (χ0) is 24.6.